The monoisotopic (exact) mass is 1810 g/mol. The van der Waals surface area contributed by atoms with Gasteiger partial charge in [0, 0.05) is 5.56 Å². The first-order valence-corrected chi connectivity index (χ1v) is 48.4. The van der Waals surface area contributed by atoms with Crippen molar-refractivity contribution >= 4 is 11.6 Å². The minimum atomic E-state index is -5.17. The van der Waals surface area contributed by atoms with Crippen LogP contribution in [0.5, 0.6) is 0 Å². The largest absolute Gasteiger partial charge is 0.450 e. The van der Waals surface area contributed by atoms with Crippen molar-refractivity contribution in [3.63, 3.8) is 0 Å². The first-order chi connectivity index (χ1) is 64.2. The van der Waals surface area contributed by atoms with E-state index in [1.807, 2.05) is 0 Å². The summed E-state index contributed by atoms with van der Waals surface area (Å²) in [5, 5.41) is 0. The molecule has 0 saturated carbocycles. The Morgan fingerprint density at radius 1 is 0.153 bits per heavy atom. The molecule has 2 nitrogen and oxygen atoms in total. The van der Waals surface area contributed by atoms with Gasteiger partial charge in [-0.1, -0.05) is 385 Å². The van der Waals surface area contributed by atoms with Gasteiger partial charge in [0.15, 0.2) is 5.78 Å². The minimum Gasteiger partial charge on any atom is -0.294 e. The molecule has 16 aromatic carbocycles. The Morgan fingerprint density at radius 3 is 0.343 bits per heavy atom. The molecule has 0 atom stereocenters. The summed E-state index contributed by atoms with van der Waals surface area (Å²) in [6, 6.07) is 128. The van der Waals surface area contributed by atoms with E-state index in [1.165, 1.54) is 44.5 Å². The molecule has 0 unspecified atom stereocenters. The predicted molar refractivity (Wildman–Crippen MR) is 578 cm³/mol. The van der Waals surface area contributed by atoms with Gasteiger partial charge >= 0.3 is 6.18 Å². The lowest BCUT2D eigenvalue weighted by molar-refractivity contribution is -0.170. The van der Waals surface area contributed by atoms with Gasteiger partial charge in [-0.15, -0.1) is 0 Å². The molecule has 0 aromatic heterocycles. The summed E-state index contributed by atoms with van der Waals surface area (Å²) in [4.78, 5) is 26.5. The zero-order valence-electron chi connectivity index (χ0n) is 84.6. The van der Waals surface area contributed by atoms with Gasteiger partial charge in [0.2, 0.25) is 5.78 Å². The molecule has 0 heterocycles. The van der Waals surface area contributed by atoms with E-state index >= 15 is 0 Å². The number of hydrogen-bond acceptors (Lipinski definition) is 2. The summed E-state index contributed by atoms with van der Waals surface area (Å²) in [7, 11) is 0. The molecule has 0 radical (unpaired) electrons. The van der Waals surface area contributed by atoms with Crippen molar-refractivity contribution in [1.82, 2.24) is 0 Å². The van der Waals surface area contributed by atoms with Crippen LogP contribution in [0.2, 0.25) is 0 Å². The number of hydrogen-bond donors (Lipinski definition) is 0. The molecule has 0 aliphatic rings. The Morgan fingerprint density at radius 2 is 0.248 bits per heavy atom. The third kappa shape index (κ3) is 22.3. The first-order valence-electron chi connectivity index (χ1n) is 48.4. The molecule has 137 heavy (non-hydrogen) atoms. The smallest absolute Gasteiger partial charge is 0.294 e. The highest BCUT2D eigenvalue weighted by Crippen LogP contribution is 2.48. The van der Waals surface area contributed by atoms with Gasteiger partial charge in [0.1, 0.15) is 0 Å². The third-order valence-corrected chi connectivity index (χ3v) is 27.4. The topological polar surface area (TPSA) is 34.1 Å². The maximum Gasteiger partial charge on any atom is 0.450 e. The van der Waals surface area contributed by atoms with E-state index in [-0.39, 0.29) is 48.9 Å². The fraction of sp³-hybridized carbons (Fsp3) is 0.258. The second-order valence-corrected chi connectivity index (χ2v) is 46.3. The van der Waals surface area contributed by atoms with E-state index in [0.717, 1.165) is 161 Å². The number of Topliss-reactive ketones (excluding diaryl/α,β-unsaturated/α-hetero) is 2. The molecular formula is C132H131F3O2. The summed E-state index contributed by atoms with van der Waals surface area (Å²) >= 11 is 0. The lowest BCUT2D eigenvalue weighted by Gasteiger charge is -2.21. The normalized spacial score (nSPS) is 12.6. The van der Waals surface area contributed by atoms with Crippen molar-refractivity contribution < 1.29 is 22.8 Å². The summed E-state index contributed by atoms with van der Waals surface area (Å²) in [6.07, 6.45) is -6.47. The second kappa shape index (κ2) is 36.9. The highest BCUT2D eigenvalue weighted by Gasteiger charge is 2.39. The summed E-state index contributed by atoms with van der Waals surface area (Å²) in [5.41, 5.74) is 39.7. The quantitative estimate of drug-likeness (QED) is 0.0634. The van der Waals surface area contributed by atoms with Crippen molar-refractivity contribution in [2.24, 2.45) is 0 Å². The summed E-state index contributed by atoms with van der Waals surface area (Å²) in [6.45, 7) is 54.1. The molecule has 0 saturated heterocycles. The molecular weight excluding hydrogens is 1670 g/mol. The number of ketones is 2. The highest BCUT2D eigenvalue weighted by atomic mass is 19.4. The van der Waals surface area contributed by atoms with Gasteiger partial charge in [-0.05, 0) is 382 Å². The van der Waals surface area contributed by atoms with Crippen molar-refractivity contribution in [1.29, 1.82) is 0 Å². The van der Waals surface area contributed by atoms with E-state index in [9.17, 15) is 22.8 Å². The van der Waals surface area contributed by atoms with Crippen LogP contribution >= 0.6 is 0 Å². The zero-order valence-corrected chi connectivity index (χ0v) is 84.6. The number of carbonyl (C=O) groups excluding carboxylic acids is 2. The van der Waals surface area contributed by atoms with Gasteiger partial charge in [0.25, 0.3) is 0 Å². The average Bonchev–Trinajstić information content (AvgIpc) is 0.427. The van der Waals surface area contributed by atoms with Gasteiger partial charge in [-0.3, -0.25) is 9.59 Å². The van der Waals surface area contributed by atoms with Crippen LogP contribution in [0.1, 0.15) is 227 Å². The number of carbonyl (C=O) groups is 2. The molecule has 692 valence electrons. The lowest BCUT2D eigenvalue weighted by Crippen LogP contribution is -2.25. The Hall–Kier alpha value is -13.4. The number of benzene rings is 16. The molecule has 0 amide bonds. The van der Waals surface area contributed by atoms with Gasteiger partial charge in [0.05, 0.1) is 6.42 Å². The highest BCUT2D eigenvalue weighted by molar-refractivity contribution is 6.10. The first kappa shape index (κ1) is 96.8. The summed E-state index contributed by atoms with van der Waals surface area (Å²) < 4.78 is 42.0. The minimum absolute atomic E-state index is 0.0000209. The second-order valence-electron chi connectivity index (χ2n) is 46.3. The Bertz CT molecular complexity index is 6110. The van der Waals surface area contributed by atoms with Crippen LogP contribution in [0.15, 0.2) is 346 Å². The molecule has 0 aliphatic heterocycles. The molecule has 0 aliphatic carbocycles. The molecule has 5 heteroatoms. The number of halogens is 3. The Balaban J connectivity index is 1.01. The van der Waals surface area contributed by atoms with Crippen LogP contribution in [-0.2, 0) is 48.1 Å². The SMILES string of the molecule is CC(C)(C)c1ccc(-c2cc(-c3ccc(C(C)(C)C)cc3)cc(-c3cc(-c4cc(-c5ccc(C(C)(C)C)cc5)cc(-c5ccc(C(C)(C)C)cc5)c4)cc(-c4cc(-c5ccc(C(=O)CC(=O)C(F)(F)F)cc5)cc(-c5cc(-c6cc(-c7ccc(C(C)(C)C)cc7)cc(-c7ccc(C(C)(C)C)cc7)c6)cc(-c6cc(-c7ccc(C(C)(C)C)cc7)cc(-c7ccc(C(C)(C)C)cc7)c6)c5)c4)c3)c2)cc1. The fourth-order valence-corrected chi connectivity index (χ4v) is 18.4. The number of rotatable bonds is 18. The van der Waals surface area contributed by atoms with Crippen molar-refractivity contribution in [3.8, 4) is 167 Å². The van der Waals surface area contributed by atoms with Crippen molar-refractivity contribution in [2.45, 2.75) is 222 Å². The van der Waals surface area contributed by atoms with E-state index < -0.39 is 24.2 Å². The Kier molecular flexibility index (Phi) is 26.1. The maximum absolute atomic E-state index is 14.0. The molecule has 16 rings (SSSR count). The van der Waals surface area contributed by atoms with E-state index in [1.54, 1.807) is 24.3 Å². The average molecular weight is 1810 g/mol. The zero-order chi connectivity index (χ0) is 98.2. The van der Waals surface area contributed by atoms with E-state index in [0.29, 0.717) is 5.56 Å². The lowest BCUT2D eigenvalue weighted by atomic mass is 9.84. The van der Waals surface area contributed by atoms with Gasteiger partial charge < -0.3 is 0 Å². The van der Waals surface area contributed by atoms with Crippen molar-refractivity contribution in [3.05, 3.63) is 396 Å². The third-order valence-electron chi connectivity index (χ3n) is 27.4. The van der Waals surface area contributed by atoms with Crippen LogP contribution in [-0.4, -0.2) is 17.7 Å². The van der Waals surface area contributed by atoms with Crippen LogP contribution < -0.4 is 0 Å². The van der Waals surface area contributed by atoms with Crippen LogP contribution in [0.3, 0.4) is 0 Å². The van der Waals surface area contributed by atoms with Crippen molar-refractivity contribution in [2.75, 3.05) is 0 Å². The van der Waals surface area contributed by atoms with Crippen LogP contribution in [0.4, 0.5) is 13.2 Å². The Labute approximate surface area is 813 Å². The van der Waals surface area contributed by atoms with E-state index in [2.05, 4.69) is 488 Å². The van der Waals surface area contributed by atoms with E-state index in [4.69, 9.17) is 0 Å². The maximum atomic E-state index is 14.0. The van der Waals surface area contributed by atoms with Crippen LogP contribution in [0, 0.1) is 0 Å². The molecule has 0 bridgehead atoms. The molecule has 16 aromatic rings. The molecule has 0 N–H and O–H groups in total. The number of alkyl halides is 3. The van der Waals surface area contributed by atoms with Gasteiger partial charge in [-0.2, -0.15) is 13.2 Å². The fourth-order valence-electron chi connectivity index (χ4n) is 18.4. The van der Waals surface area contributed by atoms with Crippen LogP contribution in [0.25, 0.3) is 167 Å². The molecule has 0 fully saturated rings. The van der Waals surface area contributed by atoms with Gasteiger partial charge in [-0.25, -0.2) is 0 Å². The standard InChI is InChI=1S/C132H131F3O2/c1-124(2,3)114-45-29-84(30-46-114)93-61-94(85-31-47-115(48-32-85)125(4,5)6)66-102(65-93)108-76-109(103-67-95(86-33-49-116(50-34-86)126(7,8)9)62-96(68-103)87-35-51-117(52-36-87)127(10,11)12)79-112(78-108)106-73-101(83-25-27-92(28-26-83)122(136)82-123(137)132(133,134)135)74-107(75-106)113-80-110(104-69-97(88-37-53-118(54-38-88)128(13,14)15)63-98(70-104)89-39-55-119(56-40-89)129(16,17)18)77-111(81-113)105-71-99(90-41-57-120(58-42-90)130(19,20)21)64-100(72-105)91-43-59-121(60-44-91)131(22,23)24/h25-81H,82H2,1-24H3. The summed E-state index contributed by atoms with van der Waals surface area (Å²) in [5.74, 6) is -3.01. The molecule has 0 spiro atoms. The predicted octanol–water partition coefficient (Wildman–Crippen LogP) is 37.8.